The van der Waals surface area contributed by atoms with Crippen LogP contribution in [0.2, 0.25) is 0 Å². The smallest absolute Gasteiger partial charge is 0.226 e. The summed E-state index contributed by atoms with van der Waals surface area (Å²) in [7, 11) is 1.73. The molecule has 1 unspecified atom stereocenters. The van der Waals surface area contributed by atoms with E-state index in [4.69, 9.17) is 0 Å². The molecule has 0 aliphatic heterocycles. The van der Waals surface area contributed by atoms with Gasteiger partial charge in [-0.25, -0.2) is 0 Å². The summed E-state index contributed by atoms with van der Waals surface area (Å²) in [5, 5.41) is 6.52. The average Bonchev–Trinajstić information content (AvgIpc) is 2.42. The summed E-state index contributed by atoms with van der Waals surface area (Å²) >= 11 is 0. The lowest BCUT2D eigenvalue weighted by Crippen LogP contribution is -2.56. The number of nitrogens with one attached hydrogen (secondary N) is 2. The van der Waals surface area contributed by atoms with E-state index >= 15 is 0 Å². The summed E-state index contributed by atoms with van der Waals surface area (Å²) in [6, 6.07) is 0.537. The number of rotatable bonds is 5. The van der Waals surface area contributed by atoms with Crippen LogP contribution in [0.3, 0.4) is 0 Å². The van der Waals surface area contributed by atoms with Gasteiger partial charge < -0.3 is 10.6 Å². The summed E-state index contributed by atoms with van der Waals surface area (Å²) in [6.45, 7) is 7.21. The van der Waals surface area contributed by atoms with E-state index in [-0.39, 0.29) is 11.3 Å². The van der Waals surface area contributed by atoms with Crippen LogP contribution in [0.25, 0.3) is 0 Å². The van der Waals surface area contributed by atoms with Crippen molar-refractivity contribution >= 4 is 5.91 Å². The summed E-state index contributed by atoms with van der Waals surface area (Å²) in [6.07, 6.45) is 8.76. The van der Waals surface area contributed by atoms with Gasteiger partial charge in [-0.05, 0) is 82.5 Å². The molecular weight excluding hydrogens is 260 g/mol. The molecule has 4 rings (SSSR count). The first-order valence-electron chi connectivity index (χ1n) is 8.80. The molecule has 21 heavy (non-hydrogen) atoms. The Bertz CT molecular complexity index is 380. The fourth-order valence-electron chi connectivity index (χ4n) is 5.75. The van der Waals surface area contributed by atoms with Crippen molar-refractivity contribution in [3.63, 3.8) is 0 Å². The molecule has 0 radical (unpaired) electrons. The van der Waals surface area contributed by atoms with Crippen molar-refractivity contribution in [2.45, 2.75) is 65.3 Å². The van der Waals surface area contributed by atoms with Crippen molar-refractivity contribution in [3.8, 4) is 0 Å². The van der Waals surface area contributed by atoms with Crippen LogP contribution in [-0.4, -0.2) is 25.5 Å². The zero-order valence-electron chi connectivity index (χ0n) is 14.2. The van der Waals surface area contributed by atoms with Crippen LogP contribution < -0.4 is 10.6 Å². The molecular formula is C18H32N2O. The Kier molecular flexibility index (Phi) is 3.84. The zero-order chi connectivity index (χ0) is 15.3. The lowest BCUT2D eigenvalue weighted by molar-refractivity contribution is -0.129. The second-order valence-corrected chi connectivity index (χ2v) is 8.85. The van der Waals surface area contributed by atoms with Gasteiger partial charge in [-0.3, -0.25) is 4.79 Å². The second kappa shape index (κ2) is 5.26. The monoisotopic (exact) mass is 292 g/mol. The summed E-state index contributed by atoms with van der Waals surface area (Å²) in [5.41, 5.74) is 0.193. The molecule has 4 aliphatic rings. The molecule has 0 aromatic heterocycles. The number of carbonyl (C=O) groups is 1. The quantitative estimate of drug-likeness (QED) is 0.818. The zero-order valence-corrected chi connectivity index (χ0v) is 14.2. The Hall–Kier alpha value is -0.570. The van der Waals surface area contributed by atoms with E-state index < -0.39 is 0 Å². The van der Waals surface area contributed by atoms with Crippen LogP contribution in [-0.2, 0) is 4.79 Å². The van der Waals surface area contributed by atoms with Crippen LogP contribution >= 0.6 is 0 Å². The molecule has 4 fully saturated rings. The van der Waals surface area contributed by atoms with Crippen molar-refractivity contribution in [1.82, 2.24) is 10.6 Å². The first-order chi connectivity index (χ1) is 9.84. The lowest BCUT2D eigenvalue weighted by atomic mass is 9.48. The van der Waals surface area contributed by atoms with Crippen LogP contribution in [0, 0.1) is 28.6 Å². The minimum absolute atomic E-state index is 0.132. The third-order valence-electron chi connectivity index (χ3n) is 6.70. The molecule has 3 nitrogen and oxygen atoms in total. The highest BCUT2D eigenvalue weighted by Crippen LogP contribution is 2.61. The molecule has 0 aromatic rings. The van der Waals surface area contributed by atoms with Gasteiger partial charge in [0.15, 0.2) is 0 Å². The van der Waals surface area contributed by atoms with Crippen LogP contribution in [0.4, 0.5) is 0 Å². The molecule has 0 spiro atoms. The topological polar surface area (TPSA) is 41.1 Å². The Labute approximate surface area is 129 Å². The number of hydrogen-bond acceptors (Lipinski definition) is 2. The third-order valence-corrected chi connectivity index (χ3v) is 6.70. The Morgan fingerprint density at radius 3 is 2.05 bits per heavy atom. The van der Waals surface area contributed by atoms with Gasteiger partial charge >= 0.3 is 0 Å². The van der Waals surface area contributed by atoms with E-state index in [1.54, 1.807) is 7.05 Å². The largest absolute Gasteiger partial charge is 0.359 e. The van der Waals surface area contributed by atoms with E-state index in [9.17, 15) is 4.79 Å². The van der Waals surface area contributed by atoms with Gasteiger partial charge in [-0.15, -0.1) is 0 Å². The Balaban J connectivity index is 1.63. The predicted molar refractivity (Wildman–Crippen MR) is 85.9 cm³/mol. The van der Waals surface area contributed by atoms with Crippen molar-refractivity contribution in [2.75, 3.05) is 13.6 Å². The summed E-state index contributed by atoms with van der Waals surface area (Å²) < 4.78 is 0. The minimum Gasteiger partial charge on any atom is -0.359 e. The van der Waals surface area contributed by atoms with Gasteiger partial charge in [0.25, 0.3) is 0 Å². The number of hydrogen-bond donors (Lipinski definition) is 2. The van der Waals surface area contributed by atoms with Gasteiger partial charge in [0.2, 0.25) is 5.91 Å². The highest BCUT2D eigenvalue weighted by molar-refractivity contribution is 5.81. The SMILES string of the molecule is CNC(=O)C(C)(C)CNC(C)C12CC3CC(CC(C3)C1)C2. The lowest BCUT2D eigenvalue weighted by Gasteiger charge is -2.59. The van der Waals surface area contributed by atoms with Crippen molar-refractivity contribution in [2.24, 2.45) is 28.6 Å². The predicted octanol–water partition coefficient (Wildman–Crippen LogP) is 2.95. The van der Waals surface area contributed by atoms with Crippen molar-refractivity contribution < 1.29 is 4.79 Å². The highest BCUT2D eigenvalue weighted by Gasteiger charge is 2.53. The maximum Gasteiger partial charge on any atom is 0.226 e. The molecule has 4 bridgehead atoms. The summed E-state index contributed by atoms with van der Waals surface area (Å²) in [5.74, 6) is 3.11. The average molecular weight is 292 g/mol. The second-order valence-electron chi connectivity index (χ2n) is 8.85. The molecule has 2 N–H and O–H groups in total. The molecule has 0 saturated heterocycles. The maximum atomic E-state index is 11.9. The van der Waals surface area contributed by atoms with Gasteiger partial charge in [0, 0.05) is 19.6 Å². The molecule has 0 aromatic carbocycles. The van der Waals surface area contributed by atoms with E-state index in [2.05, 4.69) is 17.6 Å². The van der Waals surface area contributed by atoms with Crippen LogP contribution in [0.15, 0.2) is 0 Å². The fourth-order valence-corrected chi connectivity index (χ4v) is 5.75. The normalized spacial score (nSPS) is 39.3. The molecule has 4 saturated carbocycles. The van der Waals surface area contributed by atoms with Crippen molar-refractivity contribution in [1.29, 1.82) is 0 Å². The Morgan fingerprint density at radius 2 is 1.62 bits per heavy atom. The number of amides is 1. The molecule has 0 heterocycles. The first-order valence-corrected chi connectivity index (χ1v) is 8.80. The fraction of sp³-hybridized carbons (Fsp3) is 0.944. The van der Waals surface area contributed by atoms with Gasteiger partial charge in [0.1, 0.15) is 0 Å². The van der Waals surface area contributed by atoms with Gasteiger partial charge in [-0.1, -0.05) is 0 Å². The van der Waals surface area contributed by atoms with E-state index in [1.165, 1.54) is 38.5 Å². The van der Waals surface area contributed by atoms with Crippen molar-refractivity contribution in [3.05, 3.63) is 0 Å². The third kappa shape index (κ3) is 2.74. The summed E-state index contributed by atoms with van der Waals surface area (Å²) in [4.78, 5) is 11.9. The van der Waals surface area contributed by atoms with Gasteiger partial charge in [0.05, 0.1) is 5.41 Å². The minimum atomic E-state index is -0.328. The molecule has 4 aliphatic carbocycles. The van der Waals surface area contributed by atoms with Crippen LogP contribution in [0.5, 0.6) is 0 Å². The molecule has 3 heteroatoms. The van der Waals surface area contributed by atoms with E-state index in [0.717, 1.165) is 24.3 Å². The highest BCUT2D eigenvalue weighted by atomic mass is 16.2. The van der Waals surface area contributed by atoms with Crippen LogP contribution in [0.1, 0.15) is 59.3 Å². The standard InChI is InChI=1S/C18H32N2O/c1-12(20-11-17(2,3)16(21)19-4)18-8-13-5-14(9-18)7-15(6-13)10-18/h12-15,20H,5-11H2,1-4H3,(H,19,21). The maximum absolute atomic E-state index is 11.9. The molecule has 1 atom stereocenters. The number of carbonyl (C=O) groups excluding carboxylic acids is 1. The molecule has 120 valence electrons. The van der Waals surface area contributed by atoms with E-state index in [0.29, 0.717) is 11.5 Å². The van der Waals surface area contributed by atoms with Gasteiger partial charge in [-0.2, -0.15) is 0 Å². The van der Waals surface area contributed by atoms with E-state index in [1.807, 2.05) is 13.8 Å². The first kappa shape index (κ1) is 15.3. The molecule has 1 amide bonds. The Morgan fingerprint density at radius 1 is 1.14 bits per heavy atom.